The number of nitrogens with zero attached hydrogens (tertiary/aromatic N) is 1. The molecule has 1 aromatic rings. The van der Waals surface area contributed by atoms with Crippen molar-refractivity contribution < 1.29 is 4.39 Å². The fraction of sp³-hybridized carbons (Fsp3) is 0.125. The Balaban J connectivity index is 3.23. The molecule has 4 heteroatoms. The van der Waals surface area contributed by atoms with Crippen LogP contribution in [0.2, 0.25) is 0 Å². The van der Waals surface area contributed by atoms with E-state index in [2.05, 4.69) is 4.99 Å². The normalized spacial score (nSPS) is 10.8. The van der Waals surface area contributed by atoms with Crippen LogP contribution < -0.4 is 11.5 Å². The number of hydrogen-bond acceptors (Lipinski definition) is 3. The highest BCUT2D eigenvalue weighted by Crippen LogP contribution is 2.17. The molecule has 64 valence electrons. The quantitative estimate of drug-likeness (QED) is 0.484. The van der Waals surface area contributed by atoms with Crippen molar-refractivity contribution in [2.45, 2.75) is 0 Å². The molecule has 4 N–H and O–H groups in total. The van der Waals surface area contributed by atoms with E-state index in [4.69, 9.17) is 11.5 Å². The first-order valence-corrected chi connectivity index (χ1v) is 3.42. The van der Waals surface area contributed by atoms with Crippen LogP contribution in [0.3, 0.4) is 0 Å². The summed E-state index contributed by atoms with van der Waals surface area (Å²) in [5, 5.41) is 0. The predicted octanol–water partition coefficient (Wildman–Crippen LogP) is 1.04. The summed E-state index contributed by atoms with van der Waals surface area (Å²) in [6.45, 7) is 0. The molecule has 0 spiro atoms. The molecule has 0 heterocycles. The van der Waals surface area contributed by atoms with E-state index in [0.717, 1.165) is 0 Å². The van der Waals surface area contributed by atoms with Crippen molar-refractivity contribution in [1.29, 1.82) is 0 Å². The number of aliphatic imine (C=N–C) groups is 1. The molecule has 0 radical (unpaired) electrons. The average molecular weight is 167 g/mol. The van der Waals surface area contributed by atoms with Gasteiger partial charge in [-0.15, -0.1) is 0 Å². The fourth-order valence-corrected chi connectivity index (χ4v) is 0.874. The number of hydrogen-bond donors (Lipinski definition) is 2. The van der Waals surface area contributed by atoms with Crippen LogP contribution >= 0.6 is 0 Å². The molecule has 1 aromatic carbocycles. The van der Waals surface area contributed by atoms with Gasteiger partial charge in [0.15, 0.2) is 0 Å². The summed E-state index contributed by atoms with van der Waals surface area (Å²) >= 11 is 0. The van der Waals surface area contributed by atoms with Crippen LogP contribution in [0.5, 0.6) is 0 Å². The molecule has 0 atom stereocenters. The summed E-state index contributed by atoms with van der Waals surface area (Å²) < 4.78 is 12.8. The molecular weight excluding hydrogens is 157 g/mol. The van der Waals surface area contributed by atoms with Gasteiger partial charge in [-0.25, -0.2) is 4.39 Å². The zero-order valence-electron chi connectivity index (χ0n) is 6.71. The minimum absolute atomic E-state index is 0.0825. The Labute approximate surface area is 69.9 Å². The maximum absolute atomic E-state index is 12.8. The molecule has 0 unspecified atom stereocenters. The average Bonchev–Trinajstić information content (AvgIpc) is 2.01. The molecular formula is C8H10FN3. The molecule has 0 bridgehead atoms. The fourth-order valence-electron chi connectivity index (χ4n) is 0.874. The Kier molecular flexibility index (Phi) is 2.28. The molecule has 0 aliphatic rings. The molecule has 0 aliphatic carbocycles. The molecule has 0 aromatic heterocycles. The lowest BCUT2D eigenvalue weighted by Gasteiger charge is -2.02. The van der Waals surface area contributed by atoms with Crippen LogP contribution in [0.1, 0.15) is 5.56 Å². The Bertz CT molecular complexity index is 320. The smallest absolute Gasteiger partial charge is 0.148 e. The predicted molar refractivity (Wildman–Crippen MR) is 48.7 cm³/mol. The van der Waals surface area contributed by atoms with Crippen LogP contribution in [-0.4, -0.2) is 13.3 Å². The zero-order valence-corrected chi connectivity index (χ0v) is 6.71. The lowest BCUT2D eigenvalue weighted by atomic mass is 10.1. The van der Waals surface area contributed by atoms with Crippen LogP contribution in [0, 0.1) is 5.82 Å². The van der Waals surface area contributed by atoms with Gasteiger partial charge in [-0.1, -0.05) is 0 Å². The zero-order chi connectivity index (χ0) is 9.14. The van der Waals surface area contributed by atoms with Gasteiger partial charge in [-0.05, 0) is 12.1 Å². The molecule has 0 saturated carbocycles. The molecule has 1 rings (SSSR count). The standard InChI is InChI=1S/C8H10FN3/c1-12-4-5-2-8(11)6(9)3-7(5)10/h2-4H,10-11H2,1H3. The van der Waals surface area contributed by atoms with Gasteiger partial charge in [0, 0.05) is 24.5 Å². The topological polar surface area (TPSA) is 64.4 Å². The van der Waals surface area contributed by atoms with Crippen molar-refractivity contribution in [1.82, 2.24) is 0 Å². The number of nitrogen functional groups attached to an aromatic ring is 2. The first-order valence-electron chi connectivity index (χ1n) is 3.42. The third-order valence-electron chi connectivity index (χ3n) is 1.47. The summed E-state index contributed by atoms with van der Waals surface area (Å²) in [5.74, 6) is -0.499. The Morgan fingerprint density at radius 1 is 1.33 bits per heavy atom. The van der Waals surface area contributed by atoms with E-state index in [1.807, 2.05) is 0 Å². The van der Waals surface area contributed by atoms with E-state index < -0.39 is 5.82 Å². The van der Waals surface area contributed by atoms with Gasteiger partial charge in [0.1, 0.15) is 5.82 Å². The summed E-state index contributed by atoms with van der Waals surface area (Å²) in [6.07, 6.45) is 1.53. The first-order chi connectivity index (χ1) is 5.65. The number of anilines is 2. The van der Waals surface area contributed by atoms with Gasteiger partial charge in [0.05, 0.1) is 5.69 Å². The molecule has 3 nitrogen and oxygen atoms in total. The van der Waals surface area contributed by atoms with Crippen molar-refractivity contribution >= 4 is 17.6 Å². The van der Waals surface area contributed by atoms with Gasteiger partial charge < -0.3 is 11.5 Å². The summed E-state index contributed by atoms with van der Waals surface area (Å²) in [6, 6.07) is 2.64. The van der Waals surface area contributed by atoms with Gasteiger partial charge >= 0.3 is 0 Å². The molecule has 0 amide bonds. The number of nitrogens with two attached hydrogens (primary N) is 2. The van der Waals surface area contributed by atoms with E-state index in [0.29, 0.717) is 11.3 Å². The van der Waals surface area contributed by atoms with Crippen LogP contribution in [-0.2, 0) is 0 Å². The highest BCUT2D eigenvalue weighted by Gasteiger charge is 2.02. The van der Waals surface area contributed by atoms with E-state index in [-0.39, 0.29) is 5.69 Å². The Hall–Kier alpha value is -1.58. The largest absolute Gasteiger partial charge is 0.398 e. The Morgan fingerprint density at radius 3 is 2.58 bits per heavy atom. The second-order valence-corrected chi connectivity index (χ2v) is 2.39. The van der Waals surface area contributed by atoms with Crippen molar-refractivity contribution in [2.75, 3.05) is 18.5 Å². The third-order valence-corrected chi connectivity index (χ3v) is 1.47. The number of rotatable bonds is 1. The van der Waals surface area contributed by atoms with Crippen LogP contribution in [0.25, 0.3) is 0 Å². The molecule has 0 aliphatic heterocycles. The second kappa shape index (κ2) is 3.21. The van der Waals surface area contributed by atoms with E-state index in [1.54, 1.807) is 7.05 Å². The van der Waals surface area contributed by atoms with Crippen LogP contribution in [0.4, 0.5) is 15.8 Å². The number of halogens is 1. The lowest BCUT2D eigenvalue weighted by Crippen LogP contribution is -1.98. The minimum atomic E-state index is -0.499. The molecule has 0 fully saturated rings. The summed E-state index contributed by atoms with van der Waals surface area (Å²) in [4.78, 5) is 3.75. The summed E-state index contributed by atoms with van der Waals surface area (Å²) in [7, 11) is 1.61. The lowest BCUT2D eigenvalue weighted by molar-refractivity contribution is 0.633. The van der Waals surface area contributed by atoms with Crippen LogP contribution in [0.15, 0.2) is 17.1 Å². The van der Waals surface area contributed by atoms with Crippen molar-refractivity contribution in [2.24, 2.45) is 4.99 Å². The van der Waals surface area contributed by atoms with E-state index in [9.17, 15) is 4.39 Å². The van der Waals surface area contributed by atoms with E-state index >= 15 is 0 Å². The SMILES string of the molecule is CN=Cc1cc(N)c(F)cc1N. The minimum Gasteiger partial charge on any atom is -0.398 e. The van der Waals surface area contributed by atoms with Gasteiger partial charge in [0.2, 0.25) is 0 Å². The molecule has 0 saturated heterocycles. The number of benzene rings is 1. The second-order valence-electron chi connectivity index (χ2n) is 2.39. The third kappa shape index (κ3) is 1.53. The van der Waals surface area contributed by atoms with Gasteiger partial charge in [0.25, 0.3) is 0 Å². The van der Waals surface area contributed by atoms with E-state index in [1.165, 1.54) is 18.3 Å². The highest BCUT2D eigenvalue weighted by molar-refractivity contribution is 5.88. The van der Waals surface area contributed by atoms with Gasteiger partial charge in [-0.2, -0.15) is 0 Å². The summed E-state index contributed by atoms with van der Waals surface area (Å²) in [5.41, 5.74) is 11.9. The van der Waals surface area contributed by atoms with Gasteiger partial charge in [-0.3, -0.25) is 4.99 Å². The highest BCUT2D eigenvalue weighted by atomic mass is 19.1. The molecule has 12 heavy (non-hydrogen) atoms. The van der Waals surface area contributed by atoms with Crippen molar-refractivity contribution in [3.05, 3.63) is 23.5 Å². The maximum Gasteiger partial charge on any atom is 0.148 e. The van der Waals surface area contributed by atoms with Crippen molar-refractivity contribution in [3.63, 3.8) is 0 Å². The Morgan fingerprint density at radius 2 is 2.00 bits per heavy atom. The van der Waals surface area contributed by atoms with Crippen molar-refractivity contribution in [3.8, 4) is 0 Å². The first kappa shape index (κ1) is 8.52. The maximum atomic E-state index is 12.8. The monoisotopic (exact) mass is 167 g/mol.